The maximum atomic E-state index is 12.3. The highest BCUT2D eigenvalue weighted by atomic mass is 79.9. The number of nitrogens with one attached hydrogen (secondary N) is 1. The maximum absolute atomic E-state index is 12.3. The first-order valence-electron chi connectivity index (χ1n) is 7.68. The van der Waals surface area contributed by atoms with Gasteiger partial charge in [-0.3, -0.25) is 4.79 Å². The first-order chi connectivity index (χ1) is 11.7. The molecule has 1 N–H and O–H groups in total. The topological polar surface area (TPSA) is 59.8 Å². The molecule has 0 atom stereocenters. The summed E-state index contributed by atoms with van der Waals surface area (Å²) < 4.78 is 3.02. The molecule has 0 aliphatic heterocycles. The fourth-order valence-electron chi connectivity index (χ4n) is 2.34. The normalized spacial score (nSPS) is 10.8. The molecule has 0 radical (unpaired) electrons. The molecule has 7 heteroatoms. The smallest absolute Gasteiger partial charge is 0.261 e. The molecule has 24 heavy (non-hydrogen) atoms. The summed E-state index contributed by atoms with van der Waals surface area (Å²) in [5, 5.41) is 10.9. The fourth-order valence-corrected chi connectivity index (χ4v) is 3.53. The number of amides is 1. The number of aryl methyl sites for hydroxylation is 1. The van der Waals surface area contributed by atoms with Gasteiger partial charge in [0.15, 0.2) is 0 Å². The fraction of sp³-hybridized carbons (Fsp3) is 0.235. The van der Waals surface area contributed by atoms with Gasteiger partial charge in [0.1, 0.15) is 12.2 Å². The van der Waals surface area contributed by atoms with Crippen LogP contribution in [0.3, 0.4) is 0 Å². The van der Waals surface area contributed by atoms with Crippen LogP contribution in [0.4, 0.5) is 0 Å². The number of aromatic nitrogens is 3. The highest BCUT2D eigenvalue weighted by Crippen LogP contribution is 2.29. The molecule has 2 heterocycles. The standard InChI is InChI=1S/C17H17BrN4OS/c1-2-22-11-20-21-16(22)9-10-19-17(23)15-8-7-14(24-15)12-3-5-13(18)6-4-12/h3-8,11H,2,9-10H2,1H3,(H,19,23). The average molecular weight is 405 g/mol. The molecule has 0 spiro atoms. The Bertz CT molecular complexity index is 825. The summed E-state index contributed by atoms with van der Waals surface area (Å²) in [5.74, 6) is 0.838. The van der Waals surface area contributed by atoms with Crippen LogP contribution >= 0.6 is 27.3 Å². The van der Waals surface area contributed by atoms with Crippen molar-refractivity contribution < 1.29 is 4.79 Å². The zero-order valence-corrected chi connectivity index (χ0v) is 15.6. The van der Waals surface area contributed by atoms with Gasteiger partial charge >= 0.3 is 0 Å². The van der Waals surface area contributed by atoms with Gasteiger partial charge < -0.3 is 9.88 Å². The van der Waals surface area contributed by atoms with Crippen molar-refractivity contribution in [1.29, 1.82) is 0 Å². The molecule has 3 rings (SSSR count). The van der Waals surface area contributed by atoms with Crippen LogP contribution in [0.25, 0.3) is 10.4 Å². The SMILES string of the molecule is CCn1cnnc1CCNC(=O)c1ccc(-c2ccc(Br)cc2)s1. The van der Waals surface area contributed by atoms with E-state index in [1.165, 1.54) is 11.3 Å². The van der Waals surface area contributed by atoms with Gasteiger partial charge in [-0.15, -0.1) is 21.5 Å². The average Bonchev–Trinajstić information content (AvgIpc) is 3.24. The van der Waals surface area contributed by atoms with E-state index in [1.54, 1.807) is 6.33 Å². The number of nitrogens with zero attached hydrogens (tertiary/aromatic N) is 3. The molecule has 0 aliphatic carbocycles. The largest absolute Gasteiger partial charge is 0.351 e. The summed E-state index contributed by atoms with van der Waals surface area (Å²) >= 11 is 4.92. The molecule has 5 nitrogen and oxygen atoms in total. The third-order valence-electron chi connectivity index (χ3n) is 3.63. The van der Waals surface area contributed by atoms with E-state index in [-0.39, 0.29) is 5.91 Å². The van der Waals surface area contributed by atoms with E-state index in [0.29, 0.717) is 17.8 Å². The minimum Gasteiger partial charge on any atom is -0.351 e. The second kappa shape index (κ2) is 7.72. The zero-order chi connectivity index (χ0) is 16.9. The number of hydrogen-bond acceptors (Lipinski definition) is 4. The number of hydrogen-bond donors (Lipinski definition) is 1. The molecule has 1 aromatic carbocycles. The van der Waals surface area contributed by atoms with Crippen LogP contribution < -0.4 is 5.32 Å². The Hall–Kier alpha value is -1.99. The summed E-state index contributed by atoms with van der Waals surface area (Å²) in [6.45, 7) is 3.42. The van der Waals surface area contributed by atoms with Crippen molar-refractivity contribution in [3.05, 3.63) is 57.9 Å². The van der Waals surface area contributed by atoms with Gasteiger partial charge in [-0.25, -0.2) is 0 Å². The van der Waals surface area contributed by atoms with Crippen molar-refractivity contribution in [1.82, 2.24) is 20.1 Å². The molecule has 3 aromatic rings. The van der Waals surface area contributed by atoms with E-state index in [4.69, 9.17) is 0 Å². The highest BCUT2D eigenvalue weighted by molar-refractivity contribution is 9.10. The van der Waals surface area contributed by atoms with E-state index in [1.807, 2.05) is 47.9 Å². The number of carbonyl (C=O) groups excluding carboxylic acids is 1. The molecule has 124 valence electrons. The first kappa shape index (κ1) is 16.9. The molecular formula is C17H17BrN4OS. The van der Waals surface area contributed by atoms with Crippen LogP contribution in [0, 0.1) is 0 Å². The van der Waals surface area contributed by atoms with Gasteiger partial charge in [-0.2, -0.15) is 0 Å². The van der Waals surface area contributed by atoms with E-state index in [0.717, 1.165) is 27.3 Å². The molecule has 0 saturated carbocycles. The lowest BCUT2D eigenvalue weighted by atomic mass is 10.2. The second-order valence-corrected chi connectivity index (χ2v) is 7.21. The lowest BCUT2D eigenvalue weighted by Crippen LogP contribution is -2.25. The summed E-state index contributed by atoms with van der Waals surface area (Å²) in [5.41, 5.74) is 1.11. The first-order valence-corrected chi connectivity index (χ1v) is 9.29. The van der Waals surface area contributed by atoms with Crippen molar-refractivity contribution in [2.75, 3.05) is 6.54 Å². The Morgan fingerprint density at radius 3 is 2.79 bits per heavy atom. The Labute approximate surface area is 152 Å². The quantitative estimate of drug-likeness (QED) is 0.680. The van der Waals surface area contributed by atoms with Crippen molar-refractivity contribution in [3.8, 4) is 10.4 Å². The Morgan fingerprint density at radius 1 is 1.25 bits per heavy atom. The Morgan fingerprint density at radius 2 is 2.04 bits per heavy atom. The second-order valence-electron chi connectivity index (χ2n) is 5.21. The van der Waals surface area contributed by atoms with E-state index in [9.17, 15) is 4.79 Å². The van der Waals surface area contributed by atoms with Crippen LogP contribution in [-0.4, -0.2) is 27.2 Å². The van der Waals surface area contributed by atoms with E-state index >= 15 is 0 Å². The number of carbonyl (C=O) groups is 1. The van der Waals surface area contributed by atoms with Crippen LogP contribution in [0.1, 0.15) is 22.4 Å². The number of thiophene rings is 1. The summed E-state index contributed by atoms with van der Waals surface area (Å²) in [7, 11) is 0. The Kier molecular flexibility index (Phi) is 5.42. The number of rotatable bonds is 6. The monoisotopic (exact) mass is 404 g/mol. The molecule has 0 aliphatic rings. The summed E-state index contributed by atoms with van der Waals surface area (Å²) in [6, 6.07) is 11.9. The number of benzene rings is 1. The van der Waals surface area contributed by atoms with Crippen LogP contribution in [-0.2, 0) is 13.0 Å². The summed E-state index contributed by atoms with van der Waals surface area (Å²) in [6.07, 6.45) is 2.38. The zero-order valence-electron chi connectivity index (χ0n) is 13.2. The molecule has 0 saturated heterocycles. The third-order valence-corrected chi connectivity index (χ3v) is 5.29. The minimum absolute atomic E-state index is 0.0501. The van der Waals surface area contributed by atoms with Crippen molar-refractivity contribution in [2.24, 2.45) is 0 Å². The Balaban J connectivity index is 1.59. The summed E-state index contributed by atoms with van der Waals surface area (Å²) in [4.78, 5) is 14.1. The van der Waals surface area contributed by atoms with Gasteiger partial charge in [0, 0.05) is 28.9 Å². The van der Waals surface area contributed by atoms with Crippen LogP contribution in [0.15, 0.2) is 47.2 Å². The third kappa shape index (κ3) is 3.91. The number of halogens is 1. The predicted octanol–water partition coefficient (Wildman–Crippen LogP) is 3.76. The van der Waals surface area contributed by atoms with E-state index in [2.05, 4.69) is 31.4 Å². The highest BCUT2D eigenvalue weighted by Gasteiger charge is 2.11. The van der Waals surface area contributed by atoms with Gasteiger partial charge in [0.05, 0.1) is 4.88 Å². The molecule has 0 fully saturated rings. The van der Waals surface area contributed by atoms with Gasteiger partial charge in [-0.05, 0) is 36.8 Å². The molecule has 0 unspecified atom stereocenters. The van der Waals surface area contributed by atoms with Gasteiger partial charge in [0.25, 0.3) is 5.91 Å². The van der Waals surface area contributed by atoms with Crippen molar-refractivity contribution in [3.63, 3.8) is 0 Å². The minimum atomic E-state index is -0.0501. The van der Waals surface area contributed by atoms with Crippen LogP contribution in [0.5, 0.6) is 0 Å². The van der Waals surface area contributed by atoms with Gasteiger partial charge in [0.2, 0.25) is 0 Å². The van der Waals surface area contributed by atoms with Crippen molar-refractivity contribution in [2.45, 2.75) is 19.9 Å². The lowest BCUT2D eigenvalue weighted by Gasteiger charge is -2.04. The van der Waals surface area contributed by atoms with Crippen molar-refractivity contribution >= 4 is 33.2 Å². The molecule has 0 bridgehead atoms. The molecular weight excluding hydrogens is 388 g/mol. The molecule has 2 aromatic heterocycles. The maximum Gasteiger partial charge on any atom is 0.261 e. The van der Waals surface area contributed by atoms with Crippen LogP contribution in [0.2, 0.25) is 0 Å². The van der Waals surface area contributed by atoms with Gasteiger partial charge in [-0.1, -0.05) is 28.1 Å². The molecule has 1 amide bonds. The van der Waals surface area contributed by atoms with E-state index < -0.39 is 0 Å². The lowest BCUT2D eigenvalue weighted by molar-refractivity contribution is 0.0958. The predicted molar refractivity (Wildman–Crippen MR) is 99.2 cm³/mol.